The first-order valence-electron chi connectivity index (χ1n) is 7.84. The molecule has 0 atom stereocenters. The summed E-state index contributed by atoms with van der Waals surface area (Å²) in [4.78, 5) is 14.4. The molecule has 0 bridgehead atoms. The van der Waals surface area contributed by atoms with Gasteiger partial charge in [-0.1, -0.05) is 0 Å². The van der Waals surface area contributed by atoms with Crippen molar-refractivity contribution in [1.29, 1.82) is 0 Å². The highest BCUT2D eigenvalue weighted by Gasteiger charge is 2.38. The maximum Gasteiger partial charge on any atom is 0.222 e. The Morgan fingerprint density at radius 3 is 2.58 bits per heavy atom. The molecule has 1 amide bonds. The van der Waals surface area contributed by atoms with Gasteiger partial charge in [0, 0.05) is 39.3 Å². The first-order chi connectivity index (χ1) is 9.27. The second-order valence-electron chi connectivity index (χ2n) is 6.57. The van der Waals surface area contributed by atoms with Crippen molar-refractivity contribution < 1.29 is 9.53 Å². The molecule has 4 nitrogen and oxygen atoms in total. The van der Waals surface area contributed by atoms with Crippen molar-refractivity contribution in [3.8, 4) is 0 Å². The molecule has 0 aromatic rings. The molecule has 0 radical (unpaired) electrons. The zero-order valence-electron chi connectivity index (χ0n) is 11.8. The van der Waals surface area contributed by atoms with E-state index >= 15 is 0 Å². The lowest BCUT2D eigenvalue weighted by atomic mass is 9.77. The van der Waals surface area contributed by atoms with E-state index in [2.05, 4.69) is 10.2 Å². The minimum Gasteiger partial charge on any atom is -0.381 e. The summed E-state index contributed by atoms with van der Waals surface area (Å²) in [7, 11) is 0. The summed E-state index contributed by atoms with van der Waals surface area (Å²) in [5.41, 5.74) is 0.509. The number of likely N-dealkylation sites (tertiary alicyclic amines) is 1. The molecule has 3 saturated heterocycles. The summed E-state index contributed by atoms with van der Waals surface area (Å²) >= 11 is 0. The second kappa shape index (κ2) is 5.80. The van der Waals surface area contributed by atoms with Crippen LogP contribution in [0.4, 0.5) is 0 Å². The third kappa shape index (κ3) is 3.11. The van der Waals surface area contributed by atoms with Gasteiger partial charge in [-0.3, -0.25) is 4.79 Å². The van der Waals surface area contributed by atoms with Crippen molar-refractivity contribution in [2.75, 3.05) is 39.4 Å². The Labute approximate surface area is 115 Å². The fourth-order valence-electron chi connectivity index (χ4n) is 3.78. The van der Waals surface area contributed by atoms with Gasteiger partial charge in [-0.25, -0.2) is 0 Å². The lowest BCUT2D eigenvalue weighted by molar-refractivity contribution is -0.135. The minimum absolute atomic E-state index is 0.382. The Morgan fingerprint density at radius 2 is 1.95 bits per heavy atom. The number of carbonyl (C=O) groups excluding carboxylic acids is 1. The van der Waals surface area contributed by atoms with Crippen LogP contribution in [0.3, 0.4) is 0 Å². The number of hydrogen-bond donors (Lipinski definition) is 1. The molecule has 0 aliphatic carbocycles. The van der Waals surface area contributed by atoms with Crippen LogP contribution >= 0.6 is 0 Å². The Morgan fingerprint density at radius 1 is 1.21 bits per heavy atom. The largest absolute Gasteiger partial charge is 0.381 e. The Hall–Kier alpha value is -0.610. The highest BCUT2D eigenvalue weighted by molar-refractivity contribution is 5.76. The number of nitrogens with zero attached hydrogens (tertiary/aromatic N) is 1. The fraction of sp³-hybridized carbons (Fsp3) is 0.933. The second-order valence-corrected chi connectivity index (χ2v) is 6.57. The summed E-state index contributed by atoms with van der Waals surface area (Å²) in [6.45, 7) is 5.96. The predicted molar refractivity (Wildman–Crippen MR) is 73.9 cm³/mol. The molecular formula is C15H26N2O2. The van der Waals surface area contributed by atoms with Crippen LogP contribution in [0.25, 0.3) is 0 Å². The summed E-state index contributed by atoms with van der Waals surface area (Å²) in [6, 6.07) is 0. The first-order valence-corrected chi connectivity index (χ1v) is 7.84. The van der Waals surface area contributed by atoms with E-state index in [0.29, 0.717) is 17.2 Å². The van der Waals surface area contributed by atoms with E-state index in [1.54, 1.807) is 0 Å². The third-order valence-electron chi connectivity index (χ3n) is 5.31. The maximum atomic E-state index is 12.3. The van der Waals surface area contributed by atoms with E-state index in [9.17, 15) is 4.79 Å². The van der Waals surface area contributed by atoms with Crippen LogP contribution in [-0.2, 0) is 9.53 Å². The van der Waals surface area contributed by atoms with Crippen LogP contribution < -0.4 is 5.32 Å². The average Bonchev–Trinajstić information content (AvgIpc) is 2.89. The number of ether oxygens (including phenoxy) is 1. The van der Waals surface area contributed by atoms with Crippen LogP contribution in [-0.4, -0.2) is 50.2 Å². The van der Waals surface area contributed by atoms with Gasteiger partial charge < -0.3 is 15.0 Å². The highest BCUT2D eigenvalue weighted by atomic mass is 16.5. The van der Waals surface area contributed by atoms with E-state index in [1.807, 2.05) is 0 Å². The molecule has 1 spiro atoms. The predicted octanol–water partition coefficient (Wildman–Crippen LogP) is 1.41. The van der Waals surface area contributed by atoms with Gasteiger partial charge in [-0.15, -0.1) is 0 Å². The molecule has 3 heterocycles. The summed E-state index contributed by atoms with van der Waals surface area (Å²) in [5.74, 6) is 0.943. The lowest BCUT2D eigenvalue weighted by Gasteiger charge is -2.39. The fourth-order valence-corrected chi connectivity index (χ4v) is 3.78. The van der Waals surface area contributed by atoms with Gasteiger partial charge in [0.05, 0.1) is 0 Å². The highest BCUT2D eigenvalue weighted by Crippen LogP contribution is 2.37. The molecule has 0 aromatic heterocycles. The van der Waals surface area contributed by atoms with Gasteiger partial charge in [-0.05, 0) is 50.0 Å². The number of amides is 1. The van der Waals surface area contributed by atoms with E-state index in [-0.39, 0.29) is 0 Å². The molecule has 3 rings (SSSR count). The molecule has 0 saturated carbocycles. The van der Waals surface area contributed by atoms with Crippen LogP contribution in [0.1, 0.15) is 38.5 Å². The number of nitrogens with one attached hydrogen (secondary N) is 1. The molecule has 3 fully saturated rings. The topological polar surface area (TPSA) is 41.6 Å². The van der Waals surface area contributed by atoms with Gasteiger partial charge in [0.2, 0.25) is 5.91 Å². The normalized spacial score (nSPS) is 27.9. The summed E-state index contributed by atoms with van der Waals surface area (Å²) in [5, 5.41) is 3.48. The van der Waals surface area contributed by atoms with Crippen molar-refractivity contribution in [2.45, 2.75) is 38.5 Å². The Balaban J connectivity index is 1.46. The van der Waals surface area contributed by atoms with Gasteiger partial charge in [0.1, 0.15) is 0 Å². The monoisotopic (exact) mass is 266 g/mol. The molecule has 4 heteroatoms. The van der Waals surface area contributed by atoms with Gasteiger partial charge in [0.25, 0.3) is 0 Å². The van der Waals surface area contributed by atoms with E-state index in [0.717, 1.165) is 58.7 Å². The summed E-state index contributed by atoms with van der Waals surface area (Å²) < 4.78 is 5.36. The SMILES string of the molecule is O=C(CC1CCOCC1)N1CCC2(CCNC2)CC1. The van der Waals surface area contributed by atoms with Crippen LogP contribution in [0, 0.1) is 11.3 Å². The van der Waals surface area contributed by atoms with E-state index in [4.69, 9.17) is 4.74 Å². The number of carbonyl (C=O) groups is 1. The van der Waals surface area contributed by atoms with Crippen LogP contribution in [0.2, 0.25) is 0 Å². The Bertz CT molecular complexity index is 310. The van der Waals surface area contributed by atoms with Crippen molar-refractivity contribution in [3.05, 3.63) is 0 Å². The van der Waals surface area contributed by atoms with Crippen molar-refractivity contribution in [1.82, 2.24) is 10.2 Å². The molecule has 3 aliphatic heterocycles. The lowest BCUT2D eigenvalue weighted by Crippen LogP contribution is -2.44. The molecular weight excluding hydrogens is 240 g/mol. The number of hydrogen-bond acceptors (Lipinski definition) is 3. The number of rotatable bonds is 2. The average molecular weight is 266 g/mol. The van der Waals surface area contributed by atoms with E-state index in [1.165, 1.54) is 19.3 Å². The molecule has 108 valence electrons. The molecule has 0 aromatic carbocycles. The minimum atomic E-state index is 0.382. The maximum absolute atomic E-state index is 12.3. The number of piperidine rings is 1. The smallest absolute Gasteiger partial charge is 0.222 e. The molecule has 19 heavy (non-hydrogen) atoms. The van der Waals surface area contributed by atoms with Crippen LogP contribution in [0.5, 0.6) is 0 Å². The molecule has 3 aliphatic rings. The van der Waals surface area contributed by atoms with Crippen molar-refractivity contribution in [2.24, 2.45) is 11.3 Å². The Kier molecular flexibility index (Phi) is 4.08. The summed E-state index contributed by atoms with van der Waals surface area (Å²) in [6.07, 6.45) is 6.56. The quantitative estimate of drug-likeness (QED) is 0.821. The zero-order valence-corrected chi connectivity index (χ0v) is 11.8. The van der Waals surface area contributed by atoms with Gasteiger partial charge in [-0.2, -0.15) is 0 Å². The molecule has 1 N–H and O–H groups in total. The van der Waals surface area contributed by atoms with Gasteiger partial charge >= 0.3 is 0 Å². The van der Waals surface area contributed by atoms with Crippen LogP contribution in [0.15, 0.2) is 0 Å². The van der Waals surface area contributed by atoms with Crippen molar-refractivity contribution in [3.63, 3.8) is 0 Å². The van der Waals surface area contributed by atoms with Crippen molar-refractivity contribution >= 4 is 5.91 Å². The standard InChI is InChI=1S/C15H26N2O2/c18-14(11-13-1-9-19-10-2-13)17-7-4-15(5-8-17)3-6-16-12-15/h13,16H,1-12H2. The third-order valence-corrected chi connectivity index (χ3v) is 5.31. The zero-order chi connectivity index (χ0) is 13.1. The van der Waals surface area contributed by atoms with E-state index < -0.39 is 0 Å². The van der Waals surface area contributed by atoms with Gasteiger partial charge in [0.15, 0.2) is 0 Å². The first kappa shape index (κ1) is 13.4. The molecule has 0 unspecified atom stereocenters.